The van der Waals surface area contributed by atoms with Gasteiger partial charge in [-0.3, -0.25) is 14.5 Å². The Morgan fingerprint density at radius 3 is 2.33 bits per heavy atom. The third-order valence-corrected chi connectivity index (χ3v) is 6.84. The summed E-state index contributed by atoms with van der Waals surface area (Å²) >= 11 is 0. The van der Waals surface area contributed by atoms with Gasteiger partial charge in [-0.25, -0.2) is 0 Å². The number of carbonyl (C=O) groups is 2. The van der Waals surface area contributed by atoms with Crippen LogP contribution < -0.4 is 15.0 Å². The molecule has 1 heterocycles. The highest BCUT2D eigenvalue weighted by Gasteiger charge is 2.30. The fourth-order valence-corrected chi connectivity index (χ4v) is 4.61. The number of nitrogens with one attached hydrogen (secondary N) is 1. The second kappa shape index (κ2) is 12.5. The topological polar surface area (TPSA) is 61.9 Å². The lowest BCUT2D eigenvalue weighted by Gasteiger charge is -2.30. The van der Waals surface area contributed by atoms with Gasteiger partial charge in [0, 0.05) is 25.2 Å². The zero-order valence-corrected chi connectivity index (χ0v) is 22.8. The quantitative estimate of drug-likeness (QED) is 0.276. The SMILES string of the molecule is Cc1ccc(CN2C(=O)/C(=C\c3ccc(C(=O)NCCN(C)Cc4ccccc4)cc3)Oc3ccccc32)cc1. The van der Waals surface area contributed by atoms with Crippen molar-refractivity contribution >= 4 is 23.6 Å². The standard InChI is InChI=1S/C34H33N3O3/c1-25-12-14-28(15-13-25)24-37-30-10-6-7-11-31(30)40-32(34(37)39)22-26-16-18-29(19-17-26)33(38)35-20-21-36(2)23-27-8-4-3-5-9-27/h3-19,22H,20-21,23-24H2,1-2H3,(H,35,38)/b32-22+. The van der Waals surface area contributed by atoms with Gasteiger partial charge in [0.2, 0.25) is 0 Å². The van der Waals surface area contributed by atoms with E-state index in [1.54, 1.807) is 23.1 Å². The van der Waals surface area contributed by atoms with Crippen LogP contribution >= 0.6 is 0 Å². The molecule has 1 aliphatic heterocycles. The molecule has 6 nitrogen and oxygen atoms in total. The summed E-state index contributed by atoms with van der Waals surface area (Å²) in [6.45, 7) is 4.60. The lowest BCUT2D eigenvalue weighted by molar-refractivity contribution is -0.117. The van der Waals surface area contributed by atoms with Gasteiger partial charge in [-0.15, -0.1) is 0 Å². The highest BCUT2D eigenvalue weighted by Crippen LogP contribution is 2.36. The summed E-state index contributed by atoms with van der Waals surface area (Å²) in [5, 5.41) is 2.99. The molecule has 4 aromatic carbocycles. The molecule has 0 saturated carbocycles. The normalized spacial score (nSPS) is 13.7. The minimum absolute atomic E-state index is 0.129. The van der Waals surface area contributed by atoms with Crippen LogP contribution in [-0.2, 0) is 17.9 Å². The summed E-state index contributed by atoms with van der Waals surface area (Å²) < 4.78 is 6.02. The van der Waals surface area contributed by atoms with Crippen LogP contribution in [0.3, 0.4) is 0 Å². The first-order valence-electron chi connectivity index (χ1n) is 13.4. The Kier molecular flexibility index (Phi) is 8.38. The minimum Gasteiger partial charge on any atom is -0.449 e. The zero-order valence-electron chi connectivity index (χ0n) is 22.8. The van der Waals surface area contributed by atoms with E-state index >= 15 is 0 Å². The number of nitrogens with zero attached hydrogens (tertiary/aromatic N) is 2. The van der Waals surface area contributed by atoms with E-state index in [1.165, 1.54) is 11.1 Å². The van der Waals surface area contributed by atoms with Crippen molar-refractivity contribution in [1.82, 2.24) is 10.2 Å². The number of rotatable bonds is 9. The van der Waals surface area contributed by atoms with Gasteiger partial charge in [0.25, 0.3) is 11.8 Å². The van der Waals surface area contributed by atoms with Crippen LogP contribution in [0, 0.1) is 6.92 Å². The lowest BCUT2D eigenvalue weighted by atomic mass is 10.1. The predicted molar refractivity (Wildman–Crippen MR) is 159 cm³/mol. The highest BCUT2D eigenvalue weighted by atomic mass is 16.5. The highest BCUT2D eigenvalue weighted by molar-refractivity contribution is 6.09. The Bertz CT molecular complexity index is 1500. The van der Waals surface area contributed by atoms with E-state index in [4.69, 9.17) is 4.74 Å². The number of hydrogen-bond acceptors (Lipinski definition) is 4. The Morgan fingerprint density at radius 1 is 0.875 bits per heavy atom. The van der Waals surface area contributed by atoms with E-state index in [2.05, 4.69) is 22.3 Å². The molecule has 0 radical (unpaired) electrons. The van der Waals surface area contributed by atoms with E-state index in [0.717, 1.165) is 29.9 Å². The van der Waals surface area contributed by atoms with Gasteiger partial charge in [0.05, 0.1) is 12.2 Å². The summed E-state index contributed by atoms with van der Waals surface area (Å²) in [4.78, 5) is 30.1. The largest absolute Gasteiger partial charge is 0.449 e. The predicted octanol–water partition coefficient (Wildman–Crippen LogP) is 5.82. The van der Waals surface area contributed by atoms with E-state index in [9.17, 15) is 9.59 Å². The second-order valence-corrected chi connectivity index (χ2v) is 10.1. The smallest absolute Gasteiger partial charge is 0.294 e. The Labute approximate surface area is 235 Å². The first-order valence-corrected chi connectivity index (χ1v) is 13.4. The van der Waals surface area contributed by atoms with E-state index in [-0.39, 0.29) is 17.6 Å². The summed E-state index contributed by atoms with van der Waals surface area (Å²) in [5.74, 6) is 0.536. The minimum atomic E-state index is -0.208. The number of amides is 2. The van der Waals surface area contributed by atoms with Crippen molar-refractivity contribution < 1.29 is 14.3 Å². The monoisotopic (exact) mass is 531 g/mol. The van der Waals surface area contributed by atoms with Crippen molar-refractivity contribution in [3.05, 3.63) is 137 Å². The second-order valence-electron chi connectivity index (χ2n) is 10.1. The van der Waals surface area contributed by atoms with Crippen molar-refractivity contribution in [2.75, 3.05) is 25.0 Å². The number of likely N-dealkylation sites (N-methyl/N-ethyl adjacent to an activating group) is 1. The van der Waals surface area contributed by atoms with Gasteiger partial charge in [0.15, 0.2) is 11.5 Å². The molecular weight excluding hydrogens is 498 g/mol. The number of carbonyl (C=O) groups excluding carboxylic acids is 2. The molecule has 40 heavy (non-hydrogen) atoms. The number of ether oxygens (including phenoxy) is 1. The maximum absolute atomic E-state index is 13.5. The van der Waals surface area contributed by atoms with Crippen molar-refractivity contribution in [2.24, 2.45) is 0 Å². The Hall–Kier alpha value is -4.68. The third kappa shape index (κ3) is 6.65. The molecule has 4 aromatic rings. The van der Waals surface area contributed by atoms with E-state index < -0.39 is 0 Å². The molecule has 1 N–H and O–H groups in total. The maximum atomic E-state index is 13.5. The van der Waals surface area contributed by atoms with Gasteiger partial charge < -0.3 is 15.0 Å². The van der Waals surface area contributed by atoms with Crippen LogP contribution in [0.5, 0.6) is 5.75 Å². The molecule has 2 amide bonds. The average molecular weight is 532 g/mol. The number of hydrogen-bond donors (Lipinski definition) is 1. The van der Waals surface area contributed by atoms with Crippen molar-refractivity contribution in [2.45, 2.75) is 20.0 Å². The number of anilines is 1. The number of aryl methyl sites for hydroxylation is 1. The number of benzene rings is 4. The van der Waals surface area contributed by atoms with E-state index in [1.807, 2.05) is 92.8 Å². The zero-order chi connectivity index (χ0) is 27.9. The maximum Gasteiger partial charge on any atom is 0.294 e. The fourth-order valence-electron chi connectivity index (χ4n) is 4.61. The van der Waals surface area contributed by atoms with Crippen molar-refractivity contribution in [3.8, 4) is 5.75 Å². The van der Waals surface area contributed by atoms with Crippen LogP contribution in [0.2, 0.25) is 0 Å². The molecule has 202 valence electrons. The molecule has 0 aliphatic carbocycles. The summed E-state index contributed by atoms with van der Waals surface area (Å²) in [6, 6.07) is 33.1. The fraction of sp³-hybridized carbons (Fsp3) is 0.176. The summed E-state index contributed by atoms with van der Waals surface area (Å²) in [6.07, 6.45) is 1.72. The van der Waals surface area contributed by atoms with Crippen LogP contribution in [0.25, 0.3) is 6.08 Å². The van der Waals surface area contributed by atoms with Crippen LogP contribution in [0.4, 0.5) is 5.69 Å². The first-order chi connectivity index (χ1) is 19.5. The first kappa shape index (κ1) is 26.9. The third-order valence-electron chi connectivity index (χ3n) is 6.84. The molecule has 0 atom stereocenters. The van der Waals surface area contributed by atoms with Gasteiger partial charge in [-0.1, -0.05) is 84.4 Å². The summed E-state index contributed by atoms with van der Waals surface area (Å²) in [7, 11) is 2.04. The molecule has 0 aromatic heterocycles. The molecule has 0 fully saturated rings. The molecule has 0 bridgehead atoms. The average Bonchev–Trinajstić information content (AvgIpc) is 2.97. The summed E-state index contributed by atoms with van der Waals surface area (Å²) in [5.41, 5.74) is 5.53. The Balaban J connectivity index is 1.23. The molecule has 5 rings (SSSR count). The lowest BCUT2D eigenvalue weighted by Crippen LogP contribution is -2.36. The van der Waals surface area contributed by atoms with Gasteiger partial charge >= 0.3 is 0 Å². The van der Waals surface area contributed by atoms with Gasteiger partial charge in [0.1, 0.15) is 0 Å². The van der Waals surface area contributed by atoms with Gasteiger partial charge in [-0.2, -0.15) is 0 Å². The van der Waals surface area contributed by atoms with Crippen LogP contribution in [0.15, 0.2) is 109 Å². The molecule has 0 spiro atoms. The van der Waals surface area contributed by atoms with Crippen LogP contribution in [0.1, 0.15) is 32.6 Å². The molecular formula is C34H33N3O3. The molecule has 0 saturated heterocycles. The van der Waals surface area contributed by atoms with Crippen LogP contribution in [-0.4, -0.2) is 36.9 Å². The molecule has 0 unspecified atom stereocenters. The number of fused-ring (bicyclic) bond motifs is 1. The van der Waals surface area contributed by atoms with Crippen molar-refractivity contribution in [1.29, 1.82) is 0 Å². The Morgan fingerprint density at radius 2 is 1.57 bits per heavy atom. The van der Waals surface area contributed by atoms with Crippen molar-refractivity contribution in [3.63, 3.8) is 0 Å². The molecule has 6 heteroatoms. The van der Waals surface area contributed by atoms with Gasteiger partial charge in [-0.05, 0) is 61.0 Å². The number of para-hydroxylation sites is 2. The molecule has 1 aliphatic rings. The van der Waals surface area contributed by atoms with E-state index in [0.29, 0.717) is 24.4 Å².